The highest BCUT2D eigenvalue weighted by molar-refractivity contribution is 7.90. The van der Waals surface area contributed by atoms with Crippen LogP contribution in [0.2, 0.25) is 5.15 Å². The van der Waals surface area contributed by atoms with Crippen LogP contribution in [-0.2, 0) is 17.7 Å². The van der Waals surface area contributed by atoms with E-state index < -0.39 is 11.2 Å². The van der Waals surface area contributed by atoms with Crippen molar-refractivity contribution in [1.29, 1.82) is 0 Å². The number of pyridine rings is 1. The first kappa shape index (κ1) is 15.0. The summed E-state index contributed by atoms with van der Waals surface area (Å²) in [7, 11) is 0. The van der Waals surface area contributed by atoms with Gasteiger partial charge in [-0.2, -0.15) is 4.52 Å². The molecule has 9 heteroatoms. The highest BCUT2D eigenvalue weighted by Crippen LogP contribution is 2.12. The van der Waals surface area contributed by atoms with Crippen LogP contribution in [0.15, 0.2) is 34.3 Å². The minimum Gasteiger partial charge on any atom is -0.609 e. The lowest BCUT2D eigenvalue weighted by atomic mass is 10.3. The van der Waals surface area contributed by atoms with Crippen LogP contribution in [0.5, 0.6) is 0 Å². The lowest BCUT2D eigenvalue weighted by Crippen LogP contribution is -2.20. The monoisotopic (exact) mass is 337 g/mol. The molecule has 0 saturated carbocycles. The van der Waals surface area contributed by atoms with E-state index in [1.54, 1.807) is 12.3 Å². The Labute approximate surface area is 133 Å². The van der Waals surface area contributed by atoms with Crippen molar-refractivity contribution in [1.82, 2.24) is 24.1 Å². The molecule has 1 unspecified atom stereocenters. The molecule has 3 rings (SSSR count). The maximum Gasteiger partial charge on any atom is 0.363 e. The molecule has 1 atom stereocenters. The number of hydrogen-bond donors (Lipinski definition) is 0. The summed E-state index contributed by atoms with van der Waals surface area (Å²) in [6, 6.07) is 5.01. The van der Waals surface area contributed by atoms with Gasteiger partial charge in [0.2, 0.25) is 5.78 Å². The molecule has 0 bridgehead atoms. The molecule has 0 aliphatic carbocycles. The Morgan fingerprint density at radius 1 is 1.41 bits per heavy atom. The summed E-state index contributed by atoms with van der Waals surface area (Å²) in [5.74, 6) is 0.352. The van der Waals surface area contributed by atoms with Crippen LogP contribution < -0.4 is 5.56 Å². The van der Waals surface area contributed by atoms with Crippen molar-refractivity contribution in [3.63, 3.8) is 0 Å². The second-order valence-corrected chi connectivity index (χ2v) is 6.42. The van der Waals surface area contributed by atoms with Crippen molar-refractivity contribution in [2.24, 2.45) is 0 Å². The maximum atomic E-state index is 12.0. The molecule has 0 spiro atoms. The van der Waals surface area contributed by atoms with Crippen LogP contribution in [-0.4, -0.2) is 35.0 Å². The van der Waals surface area contributed by atoms with E-state index in [-0.39, 0.29) is 10.7 Å². The summed E-state index contributed by atoms with van der Waals surface area (Å²) in [6.45, 7) is 2.26. The van der Waals surface area contributed by atoms with Crippen molar-refractivity contribution >= 4 is 28.6 Å². The number of halogens is 1. The van der Waals surface area contributed by atoms with Crippen LogP contribution in [0.4, 0.5) is 0 Å². The van der Waals surface area contributed by atoms with Gasteiger partial charge < -0.3 is 9.12 Å². The Balaban J connectivity index is 2.15. The van der Waals surface area contributed by atoms with E-state index in [0.29, 0.717) is 17.5 Å². The van der Waals surface area contributed by atoms with Crippen LogP contribution >= 0.6 is 11.6 Å². The van der Waals surface area contributed by atoms with Gasteiger partial charge in [-0.15, -0.1) is 4.98 Å². The highest BCUT2D eigenvalue weighted by atomic mass is 35.5. The first-order chi connectivity index (χ1) is 10.5. The fraction of sp³-hybridized carbons (Fsp3) is 0.231. The quantitative estimate of drug-likeness (QED) is 0.526. The van der Waals surface area contributed by atoms with E-state index in [4.69, 9.17) is 11.6 Å². The molecular formula is C13H12ClN5O2S. The average molecular weight is 338 g/mol. The second-order valence-electron chi connectivity index (χ2n) is 4.76. The molecule has 0 amide bonds. The molecule has 0 N–H and O–H groups in total. The summed E-state index contributed by atoms with van der Waals surface area (Å²) in [6.07, 6.45) is 3.13. The average Bonchev–Trinajstić information content (AvgIpc) is 2.91. The van der Waals surface area contributed by atoms with Crippen LogP contribution in [0, 0.1) is 6.92 Å². The number of hydrogen-bond acceptors (Lipinski definition) is 5. The van der Waals surface area contributed by atoms with E-state index >= 15 is 0 Å². The van der Waals surface area contributed by atoms with Crippen molar-refractivity contribution < 1.29 is 4.55 Å². The van der Waals surface area contributed by atoms with Crippen molar-refractivity contribution in [2.45, 2.75) is 18.6 Å². The fourth-order valence-corrected chi connectivity index (χ4v) is 2.60. The summed E-state index contributed by atoms with van der Waals surface area (Å²) >= 11 is 4.42. The minimum atomic E-state index is -1.36. The van der Waals surface area contributed by atoms with Gasteiger partial charge in [-0.25, -0.2) is 4.98 Å². The Morgan fingerprint density at radius 3 is 2.82 bits per heavy atom. The van der Waals surface area contributed by atoms with Crippen molar-refractivity contribution in [2.75, 3.05) is 6.26 Å². The first-order valence-corrected chi connectivity index (χ1v) is 8.30. The van der Waals surface area contributed by atoms with Gasteiger partial charge in [0.15, 0.2) is 0 Å². The zero-order valence-electron chi connectivity index (χ0n) is 11.9. The molecule has 0 aliphatic rings. The smallest absolute Gasteiger partial charge is 0.363 e. The summed E-state index contributed by atoms with van der Waals surface area (Å²) in [5, 5.41) is 4.55. The molecule has 3 heterocycles. The molecule has 0 aromatic carbocycles. The Kier molecular flexibility index (Phi) is 3.90. The molecule has 0 aliphatic heterocycles. The number of aromatic nitrogens is 5. The topological polar surface area (TPSA) is 88.1 Å². The standard InChI is InChI=1S/C13H12ClN5O2S/c1-8-5-11(20)19-13(16-12(17-19)22(2)21)18(8)7-9-3-4-10(14)15-6-9/h3-6H,7H2,1-2H3. The third kappa shape index (κ3) is 2.72. The lowest BCUT2D eigenvalue weighted by Gasteiger charge is -2.10. The highest BCUT2D eigenvalue weighted by Gasteiger charge is 2.17. The molecule has 3 aromatic heterocycles. The Morgan fingerprint density at radius 2 is 2.18 bits per heavy atom. The molecule has 3 aromatic rings. The van der Waals surface area contributed by atoms with Gasteiger partial charge in [-0.1, -0.05) is 22.8 Å². The van der Waals surface area contributed by atoms with E-state index in [2.05, 4.69) is 15.1 Å². The molecule has 22 heavy (non-hydrogen) atoms. The zero-order valence-corrected chi connectivity index (χ0v) is 13.4. The van der Waals surface area contributed by atoms with Crippen LogP contribution in [0.3, 0.4) is 0 Å². The van der Waals surface area contributed by atoms with E-state index in [1.807, 2.05) is 17.6 Å². The third-order valence-corrected chi connectivity index (χ3v) is 4.08. The maximum absolute atomic E-state index is 12.0. The minimum absolute atomic E-state index is 0.130. The number of nitrogens with zero attached hydrogens (tertiary/aromatic N) is 5. The second kappa shape index (κ2) is 5.71. The fourth-order valence-electron chi connectivity index (χ4n) is 2.08. The summed E-state index contributed by atoms with van der Waals surface area (Å²) in [5.41, 5.74) is 1.33. The Hall–Kier alpha value is -1.90. The van der Waals surface area contributed by atoms with Gasteiger partial charge in [0.05, 0.1) is 6.54 Å². The number of fused-ring (bicyclic) bond motifs is 1. The van der Waals surface area contributed by atoms with Gasteiger partial charge >= 0.3 is 5.16 Å². The lowest BCUT2D eigenvalue weighted by molar-refractivity contribution is 0.591. The van der Waals surface area contributed by atoms with Gasteiger partial charge in [0.1, 0.15) is 11.4 Å². The summed E-state index contributed by atoms with van der Waals surface area (Å²) in [4.78, 5) is 20.3. The van der Waals surface area contributed by atoms with Crippen molar-refractivity contribution in [3.05, 3.63) is 51.2 Å². The molecule has 7 nitrogen and oxygen atoms in total. The first-order valence-electron chi connectivity index (χ1n) is 6.37. The van der Waals surface area contributed by atoms with E-state index in [1.165, 1.54) is 12.3 Å². The van der Waals surface area contributed by atoms with Gasteiger partial charge in [-0.05, 0) is 18.6 Å². The van der Waals surface area contributed by atoms with Gasteiger partial charge in [0, 0.05) is 29.1 Å². The largest absolute Gasteiger partial charge is 0.609 e. The van der Waals surface area contributed by atoms with Crippen molar-refractivity contribution in [3.8, 4) is 0 Å². The van der Waals surface area contributed by atoms with Gasteiger partial charge in [-0.3, -0.25) is 4.79 Å². The van der Waals surface area contributed by atoms with Crippen LogP contribution in [0.1, 0.15) is 11.3 Å². The molecule has 0 fully saturated rings. The molecule has 0 radical (unpaired) electrons. The molecule has 0 saturated heterocycles. The predicted octanol–water partition coefficient (Wildman–Crippen LogP) is 1.03. The third-order valence-electron chi connectivity index (χ3n) is 3.17. The number of aryl methyl sites for hydroxylation is 1. The van der Waals surface area contributed by atoms with E-state index in [0.717, 1.165) is 15.8 Å². The molecule has 114 valence electrons. The Bertz CT molecular complexity index is 888. The normalized spacial score (nSPS) is 12.7. The van der Waals surface area contributed by atoms with E-state index in [9.17, 15) is 9.35 Å². The predicted molar refractivity (Wildman–Crippen MR) is 82.7 cm³/mol. The van der Waals surface area contributed by atoms with Crippen LogP contribution in [0.25, 0.3) is 5.78 Å². The summed E-state index contributed by atoms with van der Waals surface area (Å²) < 4.78 is 14.5. The van der Waals surface area contributed by atoms with Gasteiger partial charge in [0.25, 0.3) is 5.56 Å². The SMILES string of the molecule is Cc1cc(=O)n2nc([S+](C)[O-])nc2n1Cc1ccc(Cl)nc1. The molecular weight excluding hydrogens is 326 g/mol. The number of rotatable bonds is 3. The zero-order chi connectivity index (χ0) is 15.9.